The van der Waals surface area contributed by atoms with Crippen molar-refractivity contribution in [3.05, 3.63) is 23.0 Å². The summed E-state index contributed by atoms with van der Waals surface area (Å²) < 4.78 is 35.9. The Morgan fingerprint density at radius 2 is 1.92 bits per heavy atom. The highest BCUT2D eigenvalue weighted by Gasteiger charge is 2.32. The van der Waals surface area contributed by atoms with Crippen LogP contribution < -0.4 is 5.73 Å². The van der Waals surface area contributed by atoms with Crippen LogP contribution in [0.2, 0.25) is 5.15 Å². The summed E-state index contributed by atoms with van der Waals surface area (Å²) in [5.41, 5.74) is 4.00. The molecule has 0 saturated heterocycles. The zero-order valence-electron chi connectivity index (χ0n) is 5.69. The minimum Gasteiger partial charge on any atom is -0.399 e. The van der Waals surface area contributed by atoms with Crippen LogP contribution in [0.1, 0.15) is 5.69 Å². The van der Waals surface area contributed by atoms with Crippen LogP contribution in [0.25, 0.3) is 0 Å². The predicted molar refractivity (Wildman–Crippen MR) is 38.7 cm³/mol. The molecule has 1 aromatic rings. The van der Waals surface area contributed by atoms with E-state index in [1.54, 1.807) is 0 Å². The second-order valence-electron chi connectivity index (χ2n) is 2.11. The molecule has 0 unspecified atom stereocenters. The molecule has 66 valence electrons. The first-order valence-corrected chi connectivity index (χ1v) is 3.27. The van der Waals surface area contributed by atoms with E-state index in [-0.39, 0.29) is 10.8 Å². The summed E-state index contributed by atoms with van der Waals surface area (Å²) in [6, 6.07) is 1.88. The largest absolute Gasteiger partial charge is 0.433 e. The number of halogens is 4. The normalized spacial score (nSPS) is 11.7. The topological polar surface area (TPSA) is 38.9 Å². The number of nitrogens with two attached hydrogens (primary N) is 1. The SMILES string of the molecule is Nc1cc(Cl)nc(C(F)(F)F)c1. The van der Waals surface area contributed by atoms with Gasteiger partial charge in [-0.05, 0) is 12.1 Å². The highest BCUT2D eigenvalue weighted by atomic mass is 35.5. The quantitative estimate of drug-likeness (QED) is 0.647. The van der Waals surface area contributed by atoms with Crippen LogP contribution in [0.5, 0.6) is 0 Å². The maximum Gasteiger partial charge on any atom is 0.433 e. The third kappa shape index (κ3) is 2.01. The zero-order chi connectivity index (χ0) is 9.35. The van der Waals surface area contributed by atoms with Gasteiger partial charge in [0.05, 0.1) is 0 Å². The van der Waals surface area contributed by atoms with Crippen molar-refractivity contribution in [2.75, 3.05) is 5.73 Å². The van der Waals surface area contributed by atoms with Crippen molar-refractivity contribution in [1.82, 2.24) is 4.98 Å². The van der Waals surface area contributed by atoms with Crippen molar-refractivity contribution < 1.29 is 13.2 Å². The molecule has 0 bridgehead atoms. The molecule has 0 aliphatic rings. The summed E-state index contributed by atoms with van der Waals surface area (Å²) in [5, 5.41) is -0.262. The minimum atomic E-state index is -4.50. The Bertz CT molecular complexity index is 277. The molecule has 0 saturated carbocycles. The summed E-state index contributed by atoms with van der Waals surface area (Å²) in [6.45, 7) is 0. The molecule has 12 heavy (non-hydrogen) atoms. The van der Waals surface area contributed by atoms with Crippen molar-refractivity contribution in [3.63, 3.8) is 0 Å². The fraction of sp³-hybridized carbons (Fsp3) is 0.167. The molecular weight excluding hydrogens is 193 g/mol. The fourth-order valence-corrected chi connectivity index (χ4v) is 0.879. The molecule has 2 nitrogen and oxygen atoms in total. The Balaban J connectivity index is 3.18. The summed E-state index contributed by atoms with van der Waals surface area (Å²) in [4.78, 5) is 3.07. The number of nitrogen functional groups attached to an aromatic ring is 1. The van der Waals surface area contributed by atoms with Crippen LogP contribution in [0, 0.1) is 0 Å². The number of alkyl halides is 3. The van der Waals surface area contributed by atoms with Gasteiger partial charge in [-0.1, -0.05) is 11.6 Å². The monoisotopic (exact) mass is 196 g/mol. The first kappa shape index (κ1) is 9.12. The molecule has 0 fully saturated rings. The van der Waals surface area contributed by atoms with Crippen LogP contribution in [0.3, 0.4) is 0 Å². The van der Waals surface area contributed by atoms with E-state index in [2.05, 4.69) is 4.98 Å². The summed E-state index contributed by atoms with van der Waals surface area (Å²) in [6.07, 6.45) is -4.50. The van der Waals surface area contributed by atoms with Crippen molar-refractivity contribution in [3.8, 4) is 0 Å². The van der Waals surface area contributed by atoms with Gasteiger partial charge in [0.2, 0.25) is 0 Å². The lowest BCUT2D eigenvalue weighted by Crippen LogP contribution is -2.08. The van der Waals surface area contributed by atoms with Gasteiger partial charge in [-0.3, -0.25) is 0 Å². The van der Waals surface area contributed by atoms with Gasteiger partial charge in [0, 0.05) is 5.69 Å². The lowest BCUT2D eigenvalue weighted by molar-refractivity contribution is -0.141. The highest BCUT2D eigenvalue weighted by molar-refractivity contribution is 6.29. The van der Waals surface area contributed by atoms with E-state index in [9.17, 15) is 13.2 Å². The average Bonchev–Trinajstić information content (AvgIpc) is 1.82. The van der Waals surface area contributed by atoms with E-state index < -0.39 is 11.9 Å². The summed E-state index contributed by atoms with van der Waals surface area (Å²) in [7, 11) is 0. The molecule has 2 N–H and O–H groups in total. The van der Waals surface area contributed by atoms with Crippen molar-refractivity contribution >= 4 is 17.3 Å². The number of hydrogen-bond acceptors (Lipinski definition) is 2. The molecular formula is C6H4ClF3N2. The van der Waals surface area contributed by atoms with E-state index >= 15 is 0 Å². The highest BCUT2D eigenvalue weighted by Crippen LogP contribution is 2.29. The molecule has 0 radical (unpaired) electrons. The van der Waals surface area contributed by atoms with Gasteiger partial charge in [0.1, 0.15) is 10.8 Å². The van der Waals surface area contributed by atoms with Crippen LogP contribution in [-0.4, -0.2) is 4.98 Å². The average molecular weight is 197 g/mol. The number of anilines is 1. The molecule has 6 heteroatoms. The van der Waals surface area contributed by atoms with Gasteiger partial charge in [-0.2, -0.15) is 13.2 Å². The van der Waals surface area contributed by atoms with Gasteiger partial charge < -0.3 is 5.73 Å². The Morgan fingerprint density at radius 3 is 2.33 bits per heavy atom. The second kappa shape index (κ2) is 2.82. The molecule has 0 aliphatic heterocycles. The molecule has 1 aromatic heterocycles. The molecule has 0 spiro atoms. The number of nitrogens with zero attached hydrogens (tertiary/aromatic N) is 1. The Morgan fingerprint density at radius 1 is 1.33 bits per heavy atom. The number of rotatable bonds is 0. The van der Waals surface area contributed by atoms with Crippen LogP contribution in [0.15, 0.2) is 12.1 Å². The van der Waals surface area contributed by atoms with E-state index in [0.29, 0.717) is 0 Å². The molecule has 0 atom stereocenters. The maximum atomic E-state index is 12.0. The first-order chi connectivity index (χ1) is 5.39. The van der Waals surface area contributed by atoms with Crippen LogP contribution >= 0.6 is 11.6 Å². The zero-order valence-corrected chi connectivity index (χ0v) is 6.45. The smallest absolute Gasteiger partial charge is 0.399 e. The van der Waals surface area contributed by atoms with Crippen LogP contribution in [0.4, 0.5) is 18.9 Å². The Labute approximate surface area is 71.2 Å². The fourth-order valence-electron chi connectivity index (χ4n) is 0.662. The first-order valence-electron chi connectivity index (χ1n) is 2.90. The number of pyridine rings is 1. The Hall–Kier alpha value is -0.970. The predicted octanol–water partition coefficient (Wildman–Crippen LogP) is 2.34. The lowest BCUT2D eigenvalue weighted by Gasteiger charge is -2.05. The van der Waals surface area contributed by atoms with Crippen LogP contribution in [-0.2, 0) is 6.18 Å². The summed E-state index contributed by atoms with van der Waals surface area (Å²) >= 11 is 5.27. The molecule has 0 aromatic carbocycles. The minimum absolute atomic E-state index is 0.0534. The maximum absolute atomic E-state index is 12.0. The van der Waals surface area contributed by atoms with Gasteiger partial charge in [0.25, 0.3) is 0 Å². The van der Waals surface area contributed by atoms with E-state index in [4.69, 9.17) is 17.3 Å². The van der Waals surface area contributed by atoms with E-state index in [1.165, 1.54) is 0 Å². The molecule has 0 amide bonds. The lowest BCUT2D eigenvalue weighted by atomic mass is 10.3. The van der Waals surface area contributed by atoms with Gasteiger partial charge in [0.15, 0.2) is 0 Å². The van der Waals surface area contributed by atoms with E-state index in [1.807, 2.05) is 0 Å². The second-order valence-corrected chi connectivity index (χ2v) is 2.49. The third-order valence-corrected chi connectivity index (χ3v) is 1.30. The van der Waals surface area contributed by atoms with Crippen molar-refractivity contribution in [2.45, 2.75) is 6.18 Å². The third-order valence-electron chi connectivity index (χ3n) is 1.11. The van der Waals surface area contributed by atoms with E-state index in [0.717, 1.165) is 12.1 Å². The molecule has 1 heterocycles. The molecule has 1 rings (SSSR count). The van der Waals surface area contributed by atoms with Gasteiger partial charge in [-0.15, -0.1) is 0 Å². The van der Waals surface area contributed by atoms with Gasteiger partial charge >= 0.3 is 6.18 Å². The summed E-state index contributed by atoms with van der Waals surface area (Å²) in [5.74, 6) is 0. The van der Waals surface area contributed by atoms with Crippen molar-refractivity contribution in [1.29, 1.82) is 0 Å². The standard InChI is InChI=1S/C6H4ClF3N2/c7-5-2-3(11)1-4(12-5)6(8,9)10/h1-2H,(H2,11,12). The van der Waals surface area contributed by atoms with Crippen molar-refractivity contribution in [2.24, 2.45) is 0 Å². The number of aromatic nitrogens is 1. The van der Waals surface area contributed by atoms with Gasteiger partial charge in [-0.25, -0.2) is 4.98 Å². The molecule has 0 aliphatic carbocycles. The Kier molecular flexibility index (Phi) is 2.14. The number of hydrogen-bond donors (Lipinski definition) is 1.